The predicted molar refractivity (Wildman–Crippen MR) is 101 cm³/mol. The zero-order valence-corrected chi connectivity index (χ0v) is 14.3. The largest absolute Gasteiger partial charge is 0.391 e. The van der Waals surface area contributed by atoms with Gasteiger partial charge in [-0.25, -0.2) is 0 Å². The number of β-amino-alcohol motifs (C(OH)–C–C–N with tert-alkyl or cyclic N) is 1. The van der Waals surface area contributed by atoms with Crippen molar-refractivity contribution in [1.29, 1.82) is 0 Å². The molecule has 3 aromatic rings. The Hall–Kier alpha value is -2.70. The smallest absolute Gasteiger partial charge is 0.239 e. The topological polar surface area (TPSA) is 83.4 Å². The van der Waals surface area contributed by atoms with E-state index in [2.05, 4.69) is 10.6 Å². The Bertz CT molecular complexity index is 968. The molecule has 3 N–H and O–H groups in total. The van der Waals surface area contributed by atoms with Gasteiger partial charge in [-0.1, -0.05) is 24.3 Å². The number of aliphatic hydroxyl groups excluding tert-OH is 1. The first kappa shape index (κ1) is 16.8. The molecule has 0 radical (unpaired) electrons. The monoisotopic (exact) mass is 351 g/mol. The average Bonchev–Trinajstić information content (AvgIpc) is 3.08. The van der Waals surface area contributed by atoms with Crippen LogP contribution in [0.5, 0.6) is 0 Å². The van der Waals surface area contributed by atoms with Crippen LogP contribution < -0.4 is 16.1 Å². The first-order valence-corrected chi connectivity index (χ1v) is 8.81. The van der Waals surface area contributed by atoms with Crippen LogP contribution in [0.25, 0.3) is 21.8 Å². The number of rotatable bonds is 4. The number of carbonyl (C=O) groups is 1. The fraction of sp³-hybridized carbons (Fsp3) is 0.300. The zero-order chi connectivity index (χ0) is 18.1. The third kappa shape index (κ3) is 2.98. The lowest BCUT2D eigenvalue weighted by Crippen LogP contribution is -2.36. The molecular weight excluding hydrogens is 330 g/mol. The summed E-state index contributed by atoms with van der Waals surface area (Å²) < 4.78 is 1.88. The van der Waals surface area contributed by atoms with Gasteiger partial charge < -0.3 is 20.3 Å². The average molecular weight is 351 g/mol. The number of para-hydroxylation sites is 2. The number of carbonyl (C=O) groups excluding carboxylic acids is 1. The number of nitrogens with one attached hydrogen (secondary N) is 2. The predicted octanol–water partition coefficient (Wildman–Crippen LogP) is 0.851. The highest BCUT2D eigenvalue weighted by atomic mass is 16.3. The van der Waals surface area contributed by atoms with Crippen LogP contribution in [0.3, 0.4) is 0 Å². The third-order valence-corrected chi connectivity index (χ3v) is 5.05. The number of aliphatic hydroxyl groups is 1. The molecule has 1 saturated heterocycles. The summed E-state index contributed by atoms with van der Waals surface area (Å²) in [7, 11) is 0. The Morgan fingerprint density at radius 3 is 2.27 bits per heavy atom. The van der Waals surface area contributed by atoms with Gasteiger partial charge in [0.15, 0.2) is 5.43 Å². The van der Waals surface area contributed by atoms with Crippen molar-refractivity contribution in [3.8, 4) is 0 Å². The minimum atomic E-state index is -0.427. The number of benzene rings is 2. The Kier molecular flexibility index (Phi) is 4.44. The van der Waals surface area contributed by atoms with Crippen LogP contribution in [-0.4, -0.2) is 41.3 Å². The summed E-state index contributed by atoms with van der Waals surface area (Å²) in [6, 6.07) is 14.7. The molecule has 0 saturated carbocycles. The number of pyridine rings is 1. The second-order valence-corrected chi connectivity index (χ2v) is 6.74. The van der Waals surface area contributed by atoms with Gasteiger partial charge in [-0.05, 0) is 24.3 Å². The summed E-state index contributed by atoms with van der Waals surface area (Å²) in [6.07, 6.45) is -0.427. The van der Waals surface area contributed by atoms with Crippen LogP contribution >= 0.6 is 0 Å². The number of nitrogens with zero attached hydrogens (tertiary/aromatic N) is 1. The minimum Gasteiger partial charge on any atom is -0.391 e. The van der Waals surface area contributed by atoms with E-state index in [9.17, 15) is 14.7 Å². The van der Waals surface area contributed by atoms with Crippen molar-refractivity contribution in [3.05, 3.63) is 58.8 Å². The van der Waals surface area contributed by atoms with E-state index in [-0.39, 0.29) is 23.8 Å². The van der Waals surface area contributed by atoms with E-state index in [0.717, 1.165) is 11.0 Å². The van der Waals surface area contributed by atoms with Gasteiger partial charge in [-0.2, -0.15) is 0 Å². The minimum absolute atomic E-state index is 0.0204. The Morgan fingerprint density at radius 2 is 1.69 bits per heavy atom. The number of aromatic nitrogens is 1. The normalized spacial score (nSPS) is 19.9. The number of amides is 1. The molecule has 1 aliphatic heterocycles. The van der Waals surface area contributed by atoms with Crippen LogP contribution in [0.1, 0.15) is 0 Å². The highest BCUT2D eigenvalue weighted by Gasteiger charge is 2.25. The van der Waals surface area contributed by atoms with Gasteiger partial charge >= 0.3 is 0 Å². The van der Waals surface area contributed by atoms with Crippen LogP contribution in [0.2, 0.25) is 0 Å². The summed E-state index contributed by atoms with van der Waals surface area (Å²) in [5.41, 5.74) is 1.47. The number of fused-ring (bicyclic) bond motifs is 2. The first-order chi connectivity index (χ1) is 12.6. The summed E-state index contributed by atoms with van der Waals surface area (Å²) in [5, 5.41) is 17.1. The lowest BCUT2D eigenvalue weighted by atomic mass is 10.1. The van der Waals surface area contributed by atoms with Gasteiger partial charge in [-0.15, -0.1) is 0 Å². The molecule has 1 fully saturated rings. The summed E-state index contributed by atoms with van der Waals surface area (Å²) >= 11 is 0. The van der Waals surface area contributed by atoms with Crippen molar-refractivity contribution in [2.45, 2.75) is 12.6 Å². The van der Waals surface area contributed by atoms with Crippen molar-refractivity contribution in [2.75, 3.05) is 19.6 Å². The van der Waals surface area contributed by atoms with Gasteiger partial charge in [0.1, 0.15) is 6.54 Å². The second kappa shape index (κ2) is 6.90. The fourth-order valence-corrected chi connectivity index (χ4v) is 3.62. The molecule has 0 aliphatic carbocycles. The van der Waals surface area contributed by atoms with Crippen molar-refractivity contribution in [1.82, 2.24) is 15.2 Å². The van der Waals surface area contributed by atoms with E-state index >= 15 is 0 Å². The molecule has 4 rings (SSSR count). The van der Waals surface area contributed by atoms with E-state index in [0.29, 0.717) is 30.4 Å². The summed E-state index contributed by atoms with van der Waals surface area (Å²) in [6.45, 7) is 1.82. The van der Waals surface area contributed by atoms with Gasteiger partial charge in [0.05, 0.1) is 17.1 Å². The molecule has 2 heterocycles. The lowest BCUT2D eigenvalue weighted by Gasteiger charge is -2.17. The van der Waals surface area contributed by atoms with Crippen LogP contribution in [-0.2, 0) is 11.3 Å². The number of hydrogen-bond donors (Lipinski definition) is 3. The highest BCUT2D eigenvalue weighted by molar-refractivity contribution is 5.94. The zero-order valence-electron chi connectivity index (χ0n) is 14.3. The Morgan fingerprint density at radius 1 is 1.08 bits per heavy atom. The van der Waals surface area contributed by atoms with Crippen LogP contribution in [0.15, 0.2) is 53.3 Å². The first-order valence-electron chi connectivity index (χ1n) is 8.81. The van der Waals surface area contributed by atoms with E-state index in [1.54, 1.807) is 12.1 Å². The maximum absolute atomic E-state index is 12.7. The second-order valence-electron chi connectivity index (χ2n) is 6.74. The maximum atomic E-state index is 12.7. The Labute approximate surface area is 150 Å². The van der Waals surface area contributed by atoms with Crippen molar-refractivity contribution >= 4 is 27.7 Å². The molecule has 6 heteroatoms. The van der Waals surface area contributed by atoms with Crippen LogP contribution in [0, 0.1) is 5.92 Å². The van der Waals surface area contributed by atoms with Gasteiger partial charge in [0.25, 0.3) is 0 Å². The molecule has 2 unspecified atom stereocenters. The molecule has 2 atom stereocenters. The van der Waals surface area contributed by atoms with Gasteiger partial charge in [-0.3, -0.25) is 9.59 Å². The molecule has 1 amide bonds. The summed E-state index contributed by atoms with van der Waals surface area (Å²) in [5.74, 6) is -0.107. The number of hydrogen-bond acceptors (Lipinski definition) is 4. The quantitative estimate of drug-likeness (QED) is 0.609. The van der Waals surface area contributed by atoms with E-state index < -0.39 is 6.10 Å². The lowest BCUT2D eigenvalue weighted by molar-refractivity contribution is -0.121. The van der Waals surface area contributed by atoms with E-state index in [1.807, 2.05) is 41.0 Å². The molecular formula is C20H21N3O3. The SMILES string of the molecule is O=C(Cn1c2ccccc2c(=O)c2ccccc21)NCC1CNCC1O. The van der Waals surface area contributed by atoms with E-state index in [4.69, 9.17) is 0 Å². The molecule has 0 spiro atoms. The maximum Gasteiger partial charge on any atom is 0.239 e. The molecule has 1 aliphatic rings. The molecule has 1 aromatic heterocycles. The van der Waals surface area contributed by atoms with Crippen molar-refractivity contribution < 1.29 is 9.90 Å². The van der Waals surface area contributed by atoms with Crippen molar-refractivity contribution in [2.24, 2.45) is 5.92 Å². The molecule has 2 aromatic carbocycles. The van der Waals surface area contributed by atoms with E-state index in [1.165, 1.54) is 0 Å². The third-order valence-electron chi connectivity index (χ3n) is 5.05. The molecule has 134 valence electrons. The van der Waals surface area contributed by atoms with Gasteiger partial charge in [0.2, 0.25) is 5.91 Å². The Balaban J connectivity index is 1.67. The van der Waals surface area contributed by atoms with Crippen molar-refractivity contribution in [3.63, 3.8) is 0 Å². The molecule has 26 heavy (non-hydrogen) atoms. The molecule has 6 nitrogen and oxygen atoms in total. The molecule has 0 bridgehead atoms. The summed E-state index contributed by atoms with van der Waals surface area (Å²) in [4.78, 5) is 25.2. The van der Waals surface area contributed by atoms with Gasteiger partial charge in [0, 0.05) is 36.3 Å². The fourth-order valence-electron chi connectivity index (χ4n) is 3.62. The highest BCUT2D eigenvalue weighted by Crippen LogP contribution is 2.19. The standard InChI is InChI=1S/C20H21N3O3/c24-18-11-21-9-13(18)10-22-19(25)12-23-16-7-3-1-5-14(16)20(26)15-6-2-4-8-17(15)23/h1-8,13,18,21,24H,9-12H2,(H,22,25). The van der Waals surface area contributed by atoms with Crippen LogP contribution in [0.4, 0.5) is 0 Å².